The van der Waals surface area contributed by atoms with E-state index in [-0.39, 0.29) is 35.2 Å². The molecule has 2 N–H and O–H groups in total. The zero-order valence-corrected chi connectivity index (χ0v) is 17.0. The van der Waals surface area contributed by atoms with E-state index in [9.17, 15) is 19.7 Å². The molecular formula is C19H21N3O6S. The second-order valence-electron chi connectivity index (χ2n) is 6.16. The molecule has 0 amide bonds. The number of thiocarbonyl (C=S) groups is 1. The molecule has 0 saturated carbocycles. The van der Waals surface area contributed by atoms with Crippen LogP contribution in [0, 0.1) is 16.0 Å². The smallest absolute Gasteiger partial charge is 0.336 e. The zero-order chi connectivity index (χ0) is 21.7. The molecule has 0 radical (unpaired) electrons. The quantitative estimate of drug-likeness (QED) is 0.308. The number of non-ortho nitro benzene ring substituents is 1. The summed E-state index contributed by atoms with van der Waals surface area (Å²) in [7, 11) is 0. The first-order valence-electron chi connectivity index (χ1n) is 8.90. The molecule has 1 aromatic rings. The Morgan fingerprint density at radius 2 is 1.93 bits per heavy atom. The Hall–Kier alpha value is -3.14. The fourth-order valence-electron chi connectivity index (χ4n) is 3.21. The maximum atomic E-state index is 12.8. The number of nitro benzene ring substituents is 1. The number of benzene rings is 1. The Morgan fingerprint density at radius 3 is 2.48 bits per heavy atom. The van der Waals surface area contributed by atoms with Gasteiger partial charge in [0.2, 0.25) is 0 Å². The molecule has 2 rings (SSSR count). The number of nitrogens with zero attached hydrogens (tertiary/aromatic N) is 2. The molecule has 0 fully saturated rings. The van der Waals surface area contributed by atoms with Gasteiger partial charge in [0.25, 0.3) is 5.69 Å². The van der Waals surface area contributed by atoms with Crippen LogP contribution in [0.5, 0.6) is 0 Å². The Balaban J connectivity index is 2.79. The van der Waals surface area contributed by atoms with Crippen molar-refractivity contribution < 1.29 is 24.0 Å². The molecule has 0 spiro atoms. The van der Waals surface area contributed by atoms with E-state index in [1.165, 1.54) is 18.2 Å². The summed E-state index contributed by atoms with van der Waals surface area (Å²) in [6, 6.07) is 5.67. The van der Waals surface area contributed by atoms with Gasteiger partial charge in [0.05, 0.1) is 23.7 Å². The standard InChI is InChI=1S/C19H21N3O6S/c1-4-27-18(23)13-10(3)21-16(17(20)29)15(19(24)28-5-2)14(13)11-7-6-8-12(9-11)22(25)26/h6-9,13-14H,4-5H2,1-3H3,(H2,20,29). The van der Waals surface area contributed by atoms with E-state index in [0.29, 0.717) is 11.3 Å². The number of nitro groups is 1. The molecule has 1 aliphatic heterocycles. The third-order valence-electron chi connectivity index (χ3n) is 4.35. The first kappa shape index (κ1) is 22.2. The highest BCUT2D eigenvalue weighted by Crippen LogP contribution is 2.41. The van der Waals surface area contributed by atoms with Crippen LogP contribution in [0.25, 0.3) is 0 Å². The summed E-state index contributed by atoms with van der Waals surface area (Å²) in [6.45, 7) is 5.05. The van der Waals surface area contributed by atoms with Gasteiger partial charge in [-0.3, -0.25) is 19.9 Å². The van der Waals surface area contributed by atoms with Crippen LogP contribution in [0.2, 0.25) is 0 Å². The predicted molar refractivity (Wildman–Crippen MR) is 110 cm³/mol. The molecule has 0 aliphatic carbocycles. The van der Waals surface area contributed by atoms with Crippen LogP contribution in [0.1, 0.15) is 32.3 Å². The number of esters is 2. The van der Waals surface area contributed by atoms with Crippen LogP contribution in [0.4, 0.5) is 5.69 Å². The lowest BCUT2D eigenvalue weighted by Crippen LogP contribution is -2.38. The highest BCUT2D eigenvalue weighted by atomic mass is 32.1. The second kappa shape index (κ2) is 9.37. The number of carbonyl (C=O) groups is 2. The monoisotopic (exact) mass is 419 g/mol. The summed E-state index contributed by atoms with van der Waals surface area (Å²) in [5, 5.41) is 11.3. The van der Waals surface area contributed by atoms with Crippen molar-refractivity contribution in [3.8, 4) is 0 Å². The lowest BCUT2D eigenvalue weighted by Gasteiger charge is -2.31. The minimum Gasteiger partial charge on any atom is -0.465 e. The molecule has 29 heavy (non-hydrogen) atoms. The normalized spacial score (nSPS) is 18.7. The van der Waals surface area contributed by atoms with E-state index in [1.807, 2.05) is 0 Å². The highest BCUT2D eigenvalue weighted by molar-refractivity contribution is 7.80. The van der Waals surface area contributed by atoms with E-state index >= 15 is 0 Å². The first-order chi connectivity index (χ1) is 13.7. The lowest BCUT2D eigenvalue weighted by molar-refractivity contribution is -0.384. The number of rotatable bonds is 7. The minimum atomic E-state index is -0.991. The number of ether oxygens (including phenoxy) is 2. The SMILES string of the molecule is CCOC(=O)C1=C(C(N)=S)N=C(C)C(C(=O)OCC)C1c1cccc([N+](=O)[O-])c1. The summed E-state index contributed by atoms with van der Waals surface area (Å²) in [4.78, 5) is 40.4. The minimum absolute atomic E-state index is 0.0213. The summed E-state index contributed by atoms with van der Waals surface area (Å²) >= 11 is 5.06. The average molecular weight is 419 g/mol. The van der Waals surface area contributed by atoms with Crippen molar-refractivity contribution in [3.63, 3.8) is 0 Å². The van der Waals surface area contributed by atoms with Crippen molar-refractivity contribution in [1.82, 2.24) is 0 Å². The molecule has 1 aromatic carbocycles. The Labute approximate surface area is 172 Å². The van der Waals surface area contributed by atoms with Crippen molar-refractivity contribution in [2.75, 3.05) is 13.2 Å². The maximum Gasteiger partial charge on any atom is 0.336 e. The van der Waals surface area contributed by atoms with Gasteiger partial charge >= 0.3 is 11.9 Å². The van der Waals surface area contributed by atoms with Crippen LogP contribution in [0.3, 0.4) is 0 Å². The van der Waals surface area contributed by atoms with E-state index in [4.69, 9.17) is 27.4 Å². The Morgan fingerprint density at radius 1 is 1.28 bits per heavy atom. The van der Waals surface area contributed by atoms with Gasteiger partial charge < -0.3 is 15.2 Å². The van der Waals surface area contributed by atoms with Crippen LogP contribution in [-0.2, 0) is 19.1 Å². The van der Waals surface area contributed by atoms with Crippen molar-refractivity contribution >= 4 is 40.5 Å². The number of hydrogen-bond acceptors (Lipinski definition) is 8. The van der Waals surface area contributed by atoms with Crippen LogP contribution in [0.15, 0.2) is 40.5 Å². The second-order valence-corrected chi connectivity index (χ2v) is 6.60. The molecule has 1 heterocycles. The predicted octanol–water partition coefficient (Wildman–Crippen LogP) is 2.44. The van der Waals surface area contributed by atoms with E-state index in [0.717, 1.165) is 0 Å². The van der Waals surface area contributed by atoms with Crippen LogP contribution in [-0.4, -0.2) is 40.8 Å². The van der Waals surface area contributed by atoms with Gasteiger partial charge in [-0.15, -0.1) is 0 Å². The molecule has 154 valence electrons. The van der Waals surface area contributed by atoms with Crippen LogP contribution < -0.4 is 5.73 Å². The van der Waals surface area contributed by atoms with Crippen molar-refractivity contribution in [3.05, 3.63) is 51.2 Å². The number of hydrogen-bond donors (Lipinski definition) is 1. The molecule has 0 bridgehead atoms. The zero-order valence-electron chi connectivity index (χ0n) is 16.2. The molecule has 1 aliphatic rings. The summed E-state index contributed by atoms with van der Waals surface area (Å²) in [5.41, 5.74) is 6.27. The van der Waals surface area contributed by atoms with E-state index < -0.39 is 28.7 Å². The van der Waals surface area contributed by atoms with Gasteiger partial charge in [0, 0.05) is 23.8 Å². The van der Waals surface area contributed by atoms with Gasteiger partial charge in [0.15, 0.2) is 0 Å². The molecular weight excluding hydrogens is 398 g/mol. The molecule has 10 heteroatoms. The molecule has 2 unspecified atom stereocenters. The van der Waals surface area contributed by atoms with Crippen LogP contribution >= 0.6 is 12.2 Å². The van der Waals surface area contributed by atoms with Gasteiger partial charge in [-0.05, 0) is 26.3 Å². The molecule has 0 saturated heterocycles. The lowest BCUT2D eigenvalue weighted by atomic mass is 9.75. The van der Waals surface area contributed by atoms with Gasteiger partial charge in [-0.1, -0.05) is 24.4 Å². The molecule has 0 aromatic heterocycles. The first-order valence-corrected chi connectivity index (χ1v) is 9.30. The number of nitrogens with two attached hydrogens (primary N) is 1. The fraction of sp³-hybridized carbons (Fsp3) is 0.368. The maximum absolute atomic E-state index is 12.8. The highest BCUT2D eigenvalue weighted by Gasteiger charge is 2.44. The number of aliphatic imine (C=N–C) groups is 1. The summed E-state index contributed by atoms with van der Waals surface area (Å²) < 4.78 is 10.3. The van der Waals surface area contributed by atoms with E-state index in [2.05, 4.69) is 4.99 Å². The summed E-state index contributed by atoms with van der Waals surface area (Å²) in [6.07, 6.45) is 0. The van der Waals surface area contributed by atoms with Crippen molar-refractivity contribution in [1.29, 1.82) is 0 Å². The van der Waals surface area contributed by atoms with Crippen molar-refractivity contribution in [2.45, 2.75) is 26.7 Å². The Bertz CT molecular complexity index is 924. The largest absolute Gasteiger partial charge is 0.465 e. The van der Waals surface area contributed by atoms with E-state index in [1.54, 1.807) is 26.8 Å². The number of carbonyl (C=O) groups excluding carboxylic acids is 2. The average Bonchev–Trinajstić information content (AvgIpc) is 2.67. The van der Waals surface area contributed by atoms with Gasteiger partial charge in [-0.2, -0.15) is 0 Å². The van der Waals surface area contributed by atoms with Gasteiger partial charge in [-0.25, -0.2) is 4.79 Å². The topological polar surface area (TPSA) is 134 Å². The molecule has 2 atom stereocenters. The summed E-state index contributed by atoms with van der Waals surface area (Å²) in [5.74, 6) is -3.32. The Kier molecular flexibility index (Phi) is 7.16. The van der Waals surface area contributed by atoms with Crippen molar-refractivity contribution in [2.24, 2.45) is 16.6 Å². The third-order valence-corrected chi connectivity index (χ3v) is 4.54. The molecule has 9 nitrogen and oxygen atoms in total. The fourth-order valence-corrected chi connectivity index (χ4v) is 3.37. The van der Waals surface area contributed by atoms with Gasteiger partial charge in [0.1, 0.15) is 16.6 Å². The third kappa shape index (κ3) is 4.65.